The number of nitrogens with zero attached hydrogens (tertiary/aromatic N) is 2. The van der Waals surface area contributed by atoms with Crippen molar-refractivity contribution in [2.45, 2.75) is 26.4 Å². The molecule has 5 heteroatoms. The van der Waals surface area contributed by atoms with Crippen LogP contribution in [0, 0.1) is 17.2 Å². The van der Waals surface area contributed by atoms with Crippen LogP contribution in [0.4, 0.5) is 0 Å². The molecule has 0 saturated carbocycles. The van der Waals surface area contributed by atoms with Crippen molar-refractivity contribution in [2.24, 2.45) is 13.0 Å². The number of aliphatic hydroxyl groups excluding tert-OH is 1. The number of aliphatic hydroxyl groups is 1. The third-order valence-corrected chi connectivity index (χ3v) is 2.72. The normalized spacial score (nSPS) is 13.7. The number of nitrogens with one attached hydrogen (secondary N) is 1. The maximum absolute atomic E-state index is 11.9. The van der Waals surface area contributed by atoms with Crippen LogP contribution in [0.15, 0.2) is 12.3 Å². The Morgan fingerprint density at radius 2 is 2.28 bits per heavy atom. The topological polar surface area (TPSA) is 78.1 Å². The fourth-order valence-corrected chi connectivity index (χ4v) is 1.87. The first-order valence-corrected chi connectivity index (χ1v) is 5.96. The minimum Gasteiger partial charge on any atom is -0.393 e. The highest BCUT2D eigenvalue weighted by Crippen LogP contribution is 2.07. The van der Waals surface area contributed by atoms with E-state index in [2.05, 4.69) is 5.32 Å². The van der Waals surface area contributed by atoms with E-state index in [-0.39, 0.29) is 17.9 Å². The van der Waals surface area contributed by atoms with E-state index in [0.717, 1.165) is 0 Å². The molecule has 0 bridgehead atoms. The van der Waals surface area contributed by atoms with Crippen molar-refractivity contribution in [2.75, 3.05) is 6.54 Å². The van der Waals surface area contributed by atoms with Gasteiger partial charge in [-0.1, -0.05) is 6.92 Å². The fourth-order valence-electron chi connectivity index (χ4n) is 1.87. The molecule has 1 aromatic heterocycles. The summed E-state index contributed by atoms with van der Waals surface area (Å²) in [5, 5.41) is 20.8. The minimum atomic E-state index is -0.364. The zero-order chi connectivity index (χ0) is 13.7. The summed E-state index contributed by atoms with van der Waals surface area (Å²) in [6, 6.07) is 3.56. The van der Waals surface area contributed by atoms with Gasteiger partial charge in [-0.3, -0.25) is 4.79 Å². The van der Waals surface area contributed by atoms with Crippen LogP contribution in [0.5, 0.6) is 0 Å². The van der Waals surface area contributed by atoms with Crippen molar-refractivity contribution in [3.05, 3.63) is 23.5 Å². The van der Waals surface area contributed by atoms with E-state index >= 15 is 0 Å². The van der Waals surface area contributed by atoms with E-state index in [1.807, 2.05) is 13.0 Å². The molecule has 1 rings (SSSR count). The summed E-state index contributed by atoms with van der Waals surface area (Å²) < 4.78 is 1.63. The number of aryl methyl sites for hydroxylation is 1. The zero-order valence-electron chi connectivity index (χ0n) is 11.0. The Labute approximate surface area is 107 Å². The van der Waals surface area contributed by atoms with Crippen LogP contribution in [0.25, 0.3) is 0 Å². The average molecular weight is 249 g/mol. The van der Waals surface area contributed by atoms with Gasteiger partial charge >= 0.3 is 0 Å². The largest absolute Gasteiger partial charge is 0.393 e. The molecule has 0 radical (unpaired) electrons. The average Bonchev–Trinajstić information content (AvgIpc) is 2.66. The number of aromatic nitrogens is 1. The number of hydrogen-bond acceptors (Lipinski definition) is 3. The first-order valence-electron chi connectivity index (χ1n) is 5.96. The Morgan fingerprint density at radius 1 is 1.61 bits per heavy atom. The van der Waals surface area contributed by atoms with Crippen molar-refractivity contribution in [1.29, 1.82) is 5.26 Å². The minimum absolute atomic E-state index is 0.198. The molecule has 18 heavy (non-hydrogen) atoms. The molecule has 5 nitrogen and oxygen atoms in total. The summed E-state index contributed by atoms with van der Waals surface area (Å²) in [7, 11) is 1.73. The van der Waals surface area contributed by atoms with Gasteiger partial charge in [-0.25, -0.2) is 0 Å². The summed E-state index contributed by atoms with van der Waals surface area (Å²) in [5.74, 6) is 0.0149. The maximum atomic E-state index is 11.9. The van der Waals surface area contributed by atoms with E-state index in [9.17, 15) is 9.90 Å². The monoisotopic (exact) mass is 249 g/mol. The lowest BCUT2D eigenvalue weighted by molar-refractivity contribution is 0.0931. The van der Waals surface area contributed by atoms with E-state index in [1.165, 1.54) is 0 Å². The van der Waals surface area contributed by atoms with Gasteiger partial charge in [-0.2, -0.15) is 5.26 Å². The molecule has 0 saturated heterocycles. The number of amides is 1. The molecule has 0 aliphatic heterocycles. The lowest BCUT2D eigenvalue weighted by Gasteiger charge is -2.14. The molecule has 2 unspecified atom stereocenters. The van der Waals surface area contributed by atoms with E-state index in [1.54, 1.807) is 30.8 Å². The first kappa shape index (κ1) is 14.3. The molecule has 1 amide bonds. The lowest BCUT2D eigenvalue weighted by Crippen LogP contribution is -2.30. The molecule has 1 heterocycles. The molecule has 0 fully saturated rings. The first-order chi connectivity index (χ1) is 8.43. The molecule has 0 aromatic carbocycles. The van der Waals surface area contributed by atoms with Gasteiger partial charge in [0.25, 0.3) is 5.91 Å². The Kier molecular flexibility index (Phi) is 4.93. The molecule has 1 aromatic rings. The molecular weight excluding hydrogens is 230 g/mol. The van der Waals surface area contributed by atoms with Crippen LogP contribution >= 0.6 is 0 Å². The van der Waals surface area contributed by atoms with Crippen LogP contribution in [0.2, 0.25) is 0 Å². The quantitative estimate of drug-likeness (QED) is 0.818. The molecule has 0 aliphatic carbocycles. The Morgan fingerprint density at radius 3 is 2.78 bits per heavy atom. The van der Waals surface area contributed by atoms with E-state index in [0.29, 0.717) is 24.2 Å². The SMILES string of the molecule is CC(O)CC(C)CNC(=O)c1cc(C#N)cn1C. The van der Waals surface area contributed by atoms with Gasteiger partial charge in [0.15, 0.2) is 0 Å². The van der Waals surface area contributed by atoms with Crippen molar-refractivity contribution >= 4 is 5.91 Å². The Balaban J connectivity index is 2.55. The second-order valence-corrected chi connectivity index (χ2v) is 4.74. The third kappa shape index (κ3) is 3.90. The van der Waals surface area contributed by atoms with Gasteiger partial charge < -0.3 is 15.0 Å². The smallest absolute Gasteiger partial charge is 0.267 e. The molecule has 0 aliphatic rings. The zero-order valence-corrected chi connectivity index (χ0v) is 11.0. The van der Waals surface area contributed by atoms with Crippen molar-refractivity contribution < 1.29 is 9.90 Å². The van der Waals surface area contributed by atoms with Gasteiger partial charge in [0.1, 0.15) is 11.8 Å². The third-order valence-electron chi connectivity index (χ3n) is 2.72. The van der Waals surface area contributed by atoms with E-state index < -0.39 is 0 Å². The van der Waals surface area contributed by atoms with E-state index in [4.69, 9.17) is 5.26 Å². The standard InChI is InChI=1S/C13H19N3O2/c1-9(4-10(2)17)7-15-13(18)12-5-11(6-14)8-16(12)3/h5,8-10,17H,4,7H2,1-3H3,(H,15,18). The predicted molar refractivity (Wildman–Crippen MR) is 67.9 cm³/mol. The van der Waals surface area contributed by atoms with Crippen molar-refractivity contribution in [3.8, 4) is 6.07 Å². The molecular formula is C13H19N3O2. The van der Waals surface area contributed by atoms with Crippen LogP contribution in [0.1, 0.15) is 36.3 Å². The maximum Gasteiger partial charge on any atom is 0.267 e. The number of nitriles is 1. The second-order valence-electron chi connectivity index (χ2n) is 4.74. The van der Waals surface area contributed by atoms with Gasteiger partial charge in [0.05, 0.1) is 11.7 Å². The molecule has 2 atom stereocenters. The highest BCUT2D eigenvalue weighted by atomic mass is 16.3. The number of carbonyl (C=O) groups excluding carboxylic acids is 1. The summed E-state index contributed by atoms with van der Waals surface area (Å²) in [5.41, 5.74) is 0.940. The van der Waals surface area contributed by atoms with Crippen LogP contribution in [-0.4, -0.2) is 28.2 Å². The van der Waals surface area contributed by atoms with Crippen molar-refractivity contribution in [1.82, 2.24) is 9.88 Å². The summed E-state index contributed by atoms with van der Waals surface area (Å²) in [6.07, 6.45) is 1.91. The summed E-state index contributed by atoms with van der Waals surface area (Å²) in [4.78, 5) is 11.9. The van der Waals surface area contributed by atoms with Crippen LogP contribution in [-0.2, 0) is 7.05 Å². The predicted octanol–water partition coefficient (Wildman–Crippen LogP) is 1.03. The Bertz CT molecular complexity index is 457. The highest BCUT2D eigenvalue weighted by Gasteiger charge is 2.13. The fraction of sp³-hybridized carbons (Fsp3) is 0.538. The lowest BCUT2D eigenvalue weighted by atomic mass is 10.0. The van der Waals surface area contributed by atoms with Crippen LogP contribution in [0.3, 0.4) is 0 Å². The number of carbonyl (C=O) groups is 1. The van der Waals surface area contributed by atoms with Gasteiger partial charge in [0.2, 0.25) is 0 Å². The van der Waals surface area contributed by atoms with Gasteiger partial charge in [-0.15, -0.1) is 0 Å². The summed E-state index contributed by atoms with van der Waals surface area (Å²) in [6.45, 7) is 4.21. The number of rotatable bonds is 5. The molecule has 98 valence electrons. The van der Waals surface area contributed by atoms with Gasteiger partial charge in [-0.05, 0) is 25.3 Å². The highest BCUT2D eigenvalue weighted by molar-refractivity contribution is 5.93. The molecule has 0 spiro atoms. The summed E-state index contributed by atoms with van der Waals surface area (Å²) >= 11 is 0. The molecule has 2 N–H and O–H groups in total. The van der Waals surface area contributed by atoms with Crippen molar-refractivity contribution in [3.63, 3.8) is 0 Å². The number of hydrogen-bond donors (Lipinski definition) is 2. The van der Waals surface area contributed by atoms with Gasteiger partial charge in [0, 0.05) is 19.8 Å². The second kappa shape index (κ2) is 6.22. The Hall–Kier alpha value is -1.80. The van der Waals surface area contributed by atoms with Crippen LogP contribution < -0.4 is 5.32 Å².